The van der Waals surface area contributed by atoms with E-state index in [4.69, 9.17) is 4.42 Å². The number of anilines is 1. The number of nitrogens with zero attached hydrogens (tertiary/aromatic N) is 3. The van der Waals surface area contributed by atoms with E-state index in [0.717, 1.165) is 0 Å². The molecule has 0 aliphatic carbocycles. The number of furan rings is 1. The third-order valence-electron chi connectivity index (χ3n) is 4.08. The first kappa shape index (κ1) is 15.8. The number of amides is 1. The summed E-state index contributed by atoms with van der Waals surface area (Å²) in [6.45, 7) is 0. The van der Waals surface area contributed by atoms with E-state index in [2.05, 4.69) is 9.97 Å². The van der Waals surface area contributed by atoms with Gasteiger partial charge in [0.05, 0.1) is 17.9 Å². The van der Waals surface area contributed by atoms with Crippen molar-refractivity contribution in [1.29, 1.82) is 0 Å². The molecule has 4 rings (SSSR count). The van der Waals surface area contributed by atoms with Crippen LogP contribution in [0.15, 0.2) is 82.9 Å². The SMILES string of the molecule is O=C(C1=C(O)C(=O)N(c2ncccn2)C1c1ccccc1)c1ccco1. The fraction of sp³-hybridized carbons (Fsp3) is 0.0526. The Morgan fingerprint density at radius 1 is 1.04 bits per heavy atom. The van der Waals surface area contributed by atoms with Crippen LogP contribution < -0.4 is 4.90 Å². The van der Waals surface area contributed by atoms with Crippen molar-refractivity contribution in [3.63, 3.8) is 0 Å². The van der Waals surface area contributed by atoms with Gasteiger partial charge in [-0.05, 0) is 23.8 Å². The number of aliphatic hydroxyl groups excluding tert-OH is 1. The van der Waals surface area contributed by atoms with E-state index in [0.29, 0.717) is 5.56 Å². The van der Waals surface area contributed by atoms with Crippen LogP contribution in [0.5, 0.6) is 0 Å². The van der Waals surface area contributed by atoms with Gasteiger partial charge in [0.2, 0.25) is 11.7 Å². The van der Waals surface area contributed by atoms with Crippen LogP contribution in [0.1, 0.15) is 22.2 Å². The molecule has 0 saturated heterocycles. The Bertz CT molecular complexity index is 982. The molecule has 2 aromatic heterocycles. The Kier molecular flexibility index (Phi) is 3.81. The van der Waals surface area contributed by atoms with Crippen molar-refractivity contribution < 1.29 is 19.1 Å². The van der Waals surface area contributed by atoms with Gasteiger partial charge in [-0.2, -0.15) is 0 Å². The lowest BCUT2D eigenvalue weighted by molar-refractivity contribution is -0.117. The molecule has 7 heteroatoms. The summed E-state index contributed by atoms with van der Waals surface area (Å²) in [6.07, 6.45) is 4.33. The number of aromatic nitrogens is 2. The first-order valence-corrected chi connectivity index (χ1v) is 7.85. The zero-order valence-corrected chi connectivity index (χ0v) is 13.4. The molecule has 0 saturated carbocycles. The molecule has 0 fully saturated rings. The summed E-state index contributed by atoms with van der Waals surface area (Å²) in [5.74, 6) is -1.79. The van der Waals surface area contributed by atoms with E-state index in [9.17, 15) is 14.7 Å². The second kappa shape index (κ2) is 6.29. The largest absolute Gasteiger partial charge is 0.503 e. The van der Waals surface area contributed by atoms with Gasteiger partial charge in [-0.1, -0.05) is 30.3 Å². The maximum absolute atomic E-state index is 12.9. The van der Waals surface area contributed by atoms with Crippen LogP contribution in [-0.2, 0) is 4.79 Å². The highest BCUT2D eigenvalue weighted by molar-refractivity contribution is 6.19. The molecule has 1 aliphatic rings. The second-order valence-electron chi connectivity index (χ2n) is 5.61. The molecule has 1 aliphatic heterocycles. The van der Waals surface area contributed by atoms with Gasteiger partial charge in [0.1, 0.15) is 0 Å². The molecule has 0 radical (unpaired) electrons. The Labute approximate surface area is 148 Å². The predicted octanol–water partition coefficient (Wildman–Crippen LogP) is 2.85. The fourth-order valence-corrected chi connectivity index (χ4v) is 2.95. The van der Waals surface area contributed by atoms with Gasteiger partial charge >= 0.3 is 0 Å². The van der Waals surface area contributed by atoms with E-state index >= 15 is 0 Å². The van der Waals surface area contributed by atoms with Crippen molar-refractivity contribution in [3.05, 3.63) is 89.8 Å². The van der Waals surface area contributed by atoms with Crippen molar-refractivity contribution in [2.75, 3.05) is 4.90 Å². The molecule has 1 aromatic carbocycles. The van der Waals surface area contributed by atoms with Gasteiger partial charge in [-0.15, -0.1) is 0 Å². The summed E-state index contributed by atoms with van der Waals surface area (Å²) in [5.41, 5.74) is 0.580. The Morgan fingerprint density at radius 3 is 2.42 bits per heavy atom. The van der Waals surface area contributed by atoms with Gasteiger partial charge in [-0.25, -0.2) is 9.97 Å². The number of Topliss-reactive ketones (excluding diaryl/α,β-unsaturated/α-hetero) is 1. The van der Waals surface area contributed by atoms with Gasteiger partial charge < -0.3 is 9.52 Å². The smallest absolute Gasteiger partial charge is 0.296 e. The van der Waals surface area contributed by atoms with E-state index in [-0.39, 0.29) is 17.3 Å². The van der Waals surface area contributed by atoms with Gasteiger partial charge in [0.25, 0.3) is 5.91 Å². The maximum atomic E-state index is 12.9. The van der Waals surface area contributed by atoms with E-state index in [1.165, 1.54) is 29.6 Å². The quantitative estimate of drug-likeness (QED) is 0.729. The minimum Gasteiger partial charge on any atom is -0.503 e. The second-order valence-corrected chi connectivity index (χ2v) is 5.61. The summed E-state index contributed by atoms with van der Waals surface area (Å²) < 4.78 is 5.16. The van der Waals surface area contributed by atoms with Crippen LogP contribution >= 0.6 is 0 Å². The first-order valence-electron chi connectivity index (χ1n) is 7.85. The molecule has 3 heterocycles. The summed E-state index contributed by atoms with van der Waals surface area (Å²) in [5, 5.41) is 10.5. The molecule has 0 bridgehead atoms. The molecule has 1 unspecified atom stereocenters. The molecule has 1 amide bonds. The summed E-state index contributed by atoms with van der Waals surface area (Å²) in [6, 6.07) is 12.7. The number of ketones is 1. The highest BCUT2D eigenvalue weighted by atomic mass is 16.3. The molecule has 3 aromatic rings. The number of rotatable bonds is 4. The molecular weight excluding hydrogens is 334 g/mol. The van der Waals surface area contributed by atoms with Crippen LogP contribution in [0.3, 0.4) is 0 Å². The normalized spacial score (nSPS) is 17.0. The number of benzene rings is 1. The van der Waals surface area contributed by atoms with Crippen LogP contribution in [0, 0.1) is 0 Å². The third-order valence-corrected chi connectivity index (χ3v) is 4.08. The zero-order chi connectivity index (χ0) is 18.1. The number of hydrogen-bond donors (Lipinski definition) is 1. The Balaban J connectivity index is 1.88. The summed E-state index contributed by atoms with van der Waals surface area (Å²) in [7, 11) is 0. The van der Waals surface area contributed by atoms with Crippen molar-refractivity contribution in [3.8, 4) is 0 Å². The lowest BCUT2D eigenvalue weighted by Crippen LogP contribution is -2.32. The molecule has 26 heavy (non-hydrogen) atoms. The number of carbonyl (C=O) groups excluding carboxylic acids is 2. The van der Waals surface area contributed by atoms with Gasteiger partial charge in [-0.3, -0.25) is 14.5 Å². The predicted molar refractivity (Wildman–Crippen MR) is 91.4 cm³/mol. The number of hydrogen-bond acceptors (Lipinski definition) is 6. The maximum Gasteiger partial charge on any atom is 0.296 e. The molecule has 128 valence electrons. The Morgan fingerprint density at radius 2 is 1.77 bits per heavy atom. The van der Waals surface area contributed by atoms with Crippen LogP contribution in [0.25, 0.3) is 0 Å². The van der Waals surface area contributed by atoms with E-state index < -0.39 is 23.5 Å². The monoisotopic (exact) mass is 347 g/mol. The molecular formula is C19H13N3O4. The summed E-state index contributed by atoms with van der Waals surface area (Å²) >= 11 is 0. The highest BCUT2D eigenvalue weighted by Crippen LogP contribution is 2.40. The standard InChI is InChI=1S/C19H13N3O4/c23-16(13-8-4-11-26-13)14-15(12-6-2-1-3-7-12)22(18(25)17(14)24)19-20-9-5-10-21-19/h1-11,15,24H. The molecule has 1 atom stereocenters. The lowest BCUT2D eigenvalue weighted by atomic mass is 9.95. The van der Waals surface area contributed by atoms with Crippen molar-refractivity contribution in [2.24, 2.45) is 0 Å². The van der Waals surface area contributed by atoms with Crippen molar-refractivity contribution in [1.82, 2.24) is 9.97 Å². The topological polar surface area (TPSA) is 96.5 Å². The number of aliphatic hydroxyl groups is 1. The minimum atomic E-state index is -0.858. The van der Waals surface area contributed by atoms with Gasteiger partial charge in [0, 0.05) is 12.4 Å². The molecule has 1 N–H and O–H groups in total. The average Bonchev–Trinajstić information content (AvgIpc) is 3.31. The van der Waals surface area contributed by atoms with Gasteiger partial charge in [0.15, 0.2) is 11.5 Å². The molecule has 0 spiro atoms. The average molecular weight is 347 g/mol. The van der Waals surface area contributed by atoms with Crippen molar-refractivity contribution >= 4 is 17.6 Å². The van der Waals surface area contributed by atoms with Crippen LogP contribution in [0.4, 0.5) is 5.95 Å². The summed E-state index contributed by atoms with van der Waals surface area (Å²) in [4.78, 5) is 35.0. The van der Waals surface area contributed by atoms with Crippen LogP contribution in [0.2, 0.25) is 0 Å². The van der Waals surface area contributed by atoms with E-state index in [1.54, 1.807) is 36.4 Å². The minimum absolute atomic E-state index is 0.0381. The third kappa shape index (κ3) is 2.46. The van der Waals surface area contributed by atoms with Crippen molar-refractivity contribution in [2.45, 2.75) is 6.04 Å². The van der Waals surface area contributed by atoms with E-state index in [1.807, 2.05) is 6.07 Å². The first-order chi connectivity index (χ1) is 12.7. The lowest BCUT2D eigenvalue weighted by Gasteiger charge is -2.24. The van der Waals surface area contributed by atoms with Crippen LogP contribution in [-0.4, -0.2) is 26.8 Å². The fourth-order valence-electron chi connectivity index (χ4n) is 2.95. The molecule has 7 nitrogen and oxygen atoms in total. The number of carbonyl (C=O) groups is 2. The highest BCUT2D eigenvalue weighted by Gasteiger charge is 2.46. The zero-order valence-electron chi connectivity index (χ0n) is 13.4. The Hall–Kier alpha value is -3.74.